The zero-order chi connectivity index (χ0) is 23.2. The molecule has 1 atom stereocenters. The highest BCUT2D eigenvalue weighted by molar-refractivity contribution is 9.10. The standard InChI is InChI=1S/C26H28BrNO5/c1-15-22-20(8-9-21-23(22)18(29)13-26(33-21)10-4-3-5-11-26)32-24(15)25(30)28-14-16-12-17(27)6-7-19(16)31-2/h6-9,12,18,29H,3-5,10-11,13-14H2,1-2H3,(H,28,30). The number of hydrogen-bond acceptors (Lipinski definition) is 5. The van der Waals surface area contributed by atoms with Crippen LogP contribution in [0.1, 0.15) is 71.9 Å². The number of nitrogens with one attached hydrogen (secondary N) is 1. The van der Waals surface area contributed by atoms with Crippen LogP contribution in [0, 0.1) is 6.92 Å². The molecule has 0 bridgehead atoms. The maximum atomic E-state index is 13.0. The van der Waals surface area contributed by atoms with Crippen molar-refractivity contribution in [1.29, 1.82) is 0 Å². The molecule has 1 spiro atoms. The minimum atomic E-state index is -0.645. The van der Waals surface area contributed by atoms with Crippen LogP contribution in [0.15, 0.2) is 39.2 Å². The van der Waals surface area contributed by atoms with E-state index in [9.17, 15) is 9.90 Å². The predicted octanol–water partition coefficient (Wildman–Crippen LogP) is 5.96. The van der Waals surface area contributed by atoms with E-state index >= 15 is 0 Å². The molecule has 1 aliphatic heterocycles. The average molecular weight is 514 g/mol. The number of benzene rings is 2. The zero-order valence-electron chi connectivity index (χ0n) is 18.9. The highest BCUT2D eigenvalue weighted by atomic mass is 79.9. The van der Waals surface area contributed by atoms with E-state index < -0.39 is 6.10 Å². The van der Waals surface area contributed by atoms with E-state index in [1.54, 1.807) is 7.11 Å². The highest BCUT2D eigenvalue weighted by Crippen LogP contribution is 2.49. The number of aliphatic hydroxyl groups excluding tert-OH is 1. The molecule has 0 radical (unpaired) electrons. The van der Waals surface area contributed by atoms with Crippen molar-refractivity contribution in [2.75, 3.05) is 7.11 Å². The van der Waals surface area contributed by atoms with Crippen LogP contribution in [0.2, 0.25) is 0 Å². The Hall–Kier alpha value is -2.51. The molecule has 1 fully saturated rings. The van der Waals surface area contributed by atoms with Crippen LogP contribution in [0.4, 0.5) is 0 Å². The largest absolute Gasteiger partial charge is 0.496 e. The van der Waals surface area contributed by atoms with Crippen molar-refractivity contribution in [2.45, 2.75) is 63.7 Å². The monoisotopic (exact) mass is 513 g/mol. The van der Waals surface area contributed by atoms with E-state index in [-0.39, 0.29) is 17.3 Å². The molecular weight excluding hydrogens is 486 g/mol. The Morgan fingerprint density at radius 3 is 2.79 bits per heavy atom. The molecular formula is C26H28BrNO5. The van der Waals surface area contributed by atoms with Crippen molar-refractivity contribution in [2.24, 2.45) is 0 Å². The molecule has 1 aliphatic carbocycles. The fraction of sp³-hybridized carbons (Fsp3) is 0.423. The number of methoxy groups -OCH3 is 1. The summed E-state index contributed by atoms with van der Waals surface area (Å²) >= 11 is 3.46. The van der Waals surface area contributed by atoms with E-state index in [0.717, 1.165) is 46.7 Å². The second kappa shape index (κ2) is 8.69. The Labute approximate surface area is 201 Å². The topological polar surface area (TPSA) is 80.9 Å². The number of furan rings is 1. The number of halogens is 1. The van der Waals surface area contributed by atoms with Crippen LogP contribution in [0.3, 0.4) is 0 Å². The van der Waals surface area contributed by atoms with Crippen LogP contribution in [0.25, 0.3) is 11.0 Å². The first-order valence-electron chi connectivity index (χ1n) is 11.4. The van der Waals surface area contributed by atoms with Gasteiger partial charge in [-0.3, -0.25) is 4.79 Å². The smallest absolute Gasteiger partial charge is 0.287 e. The van der Waals surface area contributed by atoms with E-state index in [1.165, 1.54) is 6.42 Å². The fourth-order valence-electron chi connectivity index (χ4n) is 5.36. The number of aliphatic hydroxyl groups is 1. The average Bonchev–Trinajstić information content (AvgIpc) is 3.14. The van der Waals surface area contributed by atoms with Gasteiger partial charge in [-0.2, -0.15) is 0 Å². The first-order valence-corrected chi connectivity index (χ1v) is 12.2. The second-order valence-electron chi connectivity index (χ2n) is 9.11. The maximum absolute atomic E-state index is 13.0. The Bertz CT molecular complexity index is 1210. The van der Waals surface area contributed by atoms with Gasteiger partial charge >= 0.3 is 0 Å². The number of fused-ring (bicyclic) bond motifs is 3. The van der Waals surface area contributed by atoms with E-state index in [0.29, 0.717) is 35.6 Å². The van der Waals surface area contributed by atoms with Gasteiger partial charge in [0.1, 0.15) is 22.7 Å². The summed E-state index contributed by atoms with van der Waals surface area (Å²) in [4.78, 5) is 13.0. The molecule has 33 heavy (non-hydrogen) atoms. The molecule has 2 N–H and O–H groups in total. The summed E-state index contributed by atoms with van der Waals surface area (Å²) in [6.07, 6.45) is 5.35. The summed E-state index contributed by atoms with van der Waals surface area (Å²) in [6.45, 7) is 2.16. The minimum absolute atomic E-state index is 0.248. The number of carbonyl (C=O) groups is 1. The maximum Gasteiger partial charge on any atom is 0.287 e. The summed E-state index contributed by atoms with van der Waals surface area (Å²) in [6, 6.07) is 9.36. The number of amides is 1. The summed E-state index contributed by atoms with van der Waals surface area (Å²) in [5, 5.41) is 14.8. The molecule has 6 nitrogen and oxygen atoms in total. The van der Waals surface area contributed by atoms with Crippen molar-refractivity contribution in [1.82, 2.24) is 5.32 Å². The third-order valence-corrected chi connectivity index (χ3v) is 7.47. The molecule has 174 valence electrons. The molecule has 2 heterocycles. The van der Waals surface area contributed by atoms with Crippen LogP contribution in [0.5, 0.6) is 11.5 Å². The SMILES string of the molecule is COc1ccc(Br)cc1CNC(=O)c1oc2ccc3c(c2c1C)C(O)CC1(CCCCC1)O3. The molecule has 2 aliphatic rings. The Balaban J connectivity index is 1.44. The van der Waals surface area contributed by atoms with Gasteiger partial charge in [-0.1, -0.05) is 22.4 Å². The predicted molar refractivity (Wildman–Crippen MR) is 129 cm³/mol. The number of hydrogen-bond donors (Lipinski definition) is 2. The lowest BCUT2D eigenvalue weighted by molar-refractivity contribution is -0.0373. The van der Waals surface area contributed by atoms with Crippen LogP contribution >= 0.6 is 15.9 Å². The van der Waals surface area contributed by atoms with Crippen molar-refractivity contribution < 1.29 is 23.8 Å². The number of carbonyl (C=O) groups excluding carboxylic acids is 1. The third kappa shape index (κ3) is 4.02. The van der Waals surface area contributed by atoms with Crippen molar-refractivity contribution in [3.63, 3.8) is 0 Å². The summed E-state index contributed by atoms with van der Waals surface area (Å²) < 4.78 is 18.7. The molecule has 5 rings (SSSR count). The van der Waals surface area contributed by atoms with Crippen LogP contribution in [-0.2, 0) is 6.54 Å². The number of rotatable bonds is 4. The van der Waals surface area contributed by atoms with Gasteiger partial charge in [-0.05, 0) is 62.9 Å². The van der Waals surface area contributed by atoms with Gasteiger partial charge in [0, 0.05) is 39.5 Å². The van der Waals surface area contributed by atoms with Gasteiger partial charge in [0.05, 0.1) is 13.2 Å². The lowest BCUT2D eigenvalue weighted by atomic mass is 9.77. The van der Waals surface area contributed by atoms with Crippen LogP contribution < -0.4 is 14.8 Å². The van der Waals surface area contributed by atoms with Crippen molar-refractivity contribution in [3.8, 4) is 11.5 Å². The third-order valence-electron chi connectivity index (χ3n) is 6.97. The van der Waals surface area contributed by atoms with E-state index in [4.69, 9.17) is 13.9 Å². The number of ether oxygens (including phenoxy) is 2. The van der Waals surface area contributed by atoms with Crippen molar-refractivity contribution >= 4 is 32.8 Å². The van der Waals surface area contributed by atoms with Gasteiger partial charge in [-0.15, -0.1) is 0 Å². The molecule has 3 aromatic rings. The summed E-state index contributed by atoms with van der Waals surface area (Å²) in [5.41, 5.74) is 2.60. The van der Waals surface area contributed by atoms with E-state index in [1.807, 2.05) is 37.3 Å². The van der Waals surface area contributed by atoms with Gasteiger partial charge in [0.15, 0.2) is 5.76 Å². The lowest BCUT2D eigenvalue weighted by Crippen LogP contribution is -2.42. The minimum Gasteiger partial charge on any atom is -0.496 e. The summed E-state index contributed by atoms with van der Waals surface area (Å²) in [7, 11) is 1.60. The fourth-order valence-corrected chi connectivity index (χ4v) is 5.77. The highest BCUT2D eigenvalue weighted by Gasteiger charge is 2.42. The molecule has 1 unspecified atom stereocenters. The normalized spacial score (nSPS) is 19.2. The van der Waals surface area contributed by atoms with Gasteiger partial charge in [-0.25, -0.2) is 0 Å². The Kier molecular flexibility index (Phi) is 5.87. The molecule has 2 aromatic carbocycles. The molecule has 7 heteroatoms. The van der Waals surface area contributed by atoms with Gasteiger partial charge < -0.3 is 24.3 Å². The quantitative estimate of drug-likeness (QED) is 0.449. The van der Waals surface area contributed by atoms with Gasteiger partial charge in [0.25, 0.3) is 5.91 Å². The lowest BCUT2D eigenvalue weighted by Gasteiger charge is -2.43. The molecule has 1 aromatic heterocycles. The molecule has 1 amide bonds. The molecule has 1 saturated carbocycles. The second-order valence-corrected chi connectivity index (χ2v) is 10.0. The van der Waals surface area contributed by atoms with E-state index in [2.05, 4.69) is 21.2 Å². The Morgan fingerprint density at radius 1 is 1.24 bits per heavy atom. The first kappa shape index (κ1) is 22.3. The summed E-state index contributed by atoms with van der Waals surface area (Å²) in [5.74, 6) is 1.34. The van der Waals surface area contributed by atoms with Crippen molar-refractivity contribution in [3.05, 3.63) is 57.3 Å². The molecule has 0 saturated heterocycles. The van der Waals surface area contributed by atoms with Crippen LogP contribution in [-0.4, -0.2) is 23.7 Å². The Morgan fingerprint density at radius 2 is 2.03 bits per heavy atom. The first-order chi connectivity index (χ1) is 15.9. The number of aryl methyl sites for hydroxylation is 1. The van der Waals surface area contributed by atoms with Gasteiger partial charge in [0.2, 0.25) is 0 Å². The zero-order valence-corrected chi connectivity index (χ0v) is 20.5.